The molecule has 25 heavy (non-hydrogen) atoms. The number of aliphatic hydroxyl groups excluding tert-OH is 1. The molecule has 0 bridgehead atoms. The first-order valence-corrected chi connectivity index (χ1v) is 8.19. The summed E-state index contributed by atoms with van der Waals surface area (Å²) in [5.41, 5.74) is 1.05. The number of benzene rings is 1. The van der Waals surface area contributed by atoms with Gasteiger partial charge in [-0.2, -0.15) is 5.10 Å². The Morgan fingerprint density at radius 1 is 1.44 bits per heavy atom. The SMILES string of the molecule is Cc1cc(C(=O)N2CC(CO)OC(C)(C)C2)nn1-c1cccc(F)c1. The second kappa shape index (κ2) is 6.57. The van der Waals surface area contributed by atoms with Crippen molar-refractivity contribution in [2.45, 2.75) is 32.5 Å². The van der Waals surface area contributed by atoms with Crippen molar-refractivity contribution in [1.82, 2.24) is 14.7 Å². The van der Waals surface area contributed by atoms with Crippen molar-refractivity contribution in [3.05, 3.63) is 47.5 Å². The first kappa shape index (κ1) is 17.6. The second-order valence-corrected chi connectivity index (χ2v) is 6.93. The Morgan fingerprint density at radius 2 is 2.20 bits per heavy atom. The molecule has 1 unspecified atom stereocenters. The van der Waals surface area contributed by atoms with Crippen LogP contribution in [0.3, 0.4) is 0 Å². The van der Waals surface area contributed by atoms with E-state index in [9.17, 15) is 14.3 Å². The molecule has 1 aliphatic rings. The molecular weight excluding hydrogens is 325 g/mol. The van der Waals surface area contributed by atoms with E-state index in [1.165, 1.54) is 12.1 Å². The summed E-state index contributed by atoms with van der Waals surface area (Å²) in [6, 6.07) is 7.75. The monoisotopic (exact) mass is 347 g/mol. The Morgan fingerprint density at radius 3 is 2.88 bits per heavy atom. The average molecular weight is 347 g/mol. The Bertz CT molecular complexity index is 788. The molecule has 1 saturated heterocycles. The molecule has 1 aromatic carbocycles. The van der Waals surface area contributed by atoms with Crippen LogP contribution in [-0.2, 0) is 4.74 Å². The number of aromatic nitrogens is 2. The molecule has 0 radical (unpaired) electrons. The second-order valence-electron chi connectivity index (χ2n) is 6.93. The summed E-state index contributed by atoms with van der Waals surface area (Å²) in [7, 11) is 0. The van der Waals surface area contributed by atoms with Crippen LogP contribution in [0.15, 0.2) is 30.3 Å². The van der Waals surface area contributed by atoms with Crippen LogP contribution >= 0.6 is 0 Å². The molecule has 1 amide bonds. The third-order valence-corrected chi connectivity index (χ3v) is 4.13. The molecule has 0 aliphatic carbocycles. The van der Waals surface area contributed by atoms with E-state index in [1.807, 2.05) is 20.8 Å². The van der Waals surface area contributed by atoms with Gasteiger partial charge in [-0.25, -0.2) is 9.07 Å². The van der Waals surface area contributed by atoms with Gasteiger partial charge in [-0.3, -0.25) is 4.79 Å². The van der Waals surface area contributed by atoms with Gasteiger partial charge in [0.15, 0.2) is 5.69 Å². The molecule has 6 nitrogen and oxygen atoms in total. The van der Waals surface area contributed by atoms with Crippen LogP contribution in [0.5, 0.6) is 0 Å². The maximum Gasteiger partial charge on any atom is 0.274 e. The molecule has 1 fully saturated rings. The number of aliphatic hydroxyl groups is 1. The van der Waals surface area contributed by atoms with Crippen LogP contribution in [0.1, 0.15) is 30.0 Å². The molecule has 2 aromatic rings. The predicted octanol–water partition coefficient (Wildman–Crippen LogP) is 1.93. The molecule has 1 aromatic heterocycles. The quantitative estimate of drug-likeness (QED) is 0.921. The third-order valence-electron chi connectivity index (χ3n) is 4.13. The van der Waals surface area contributed by atoms with E-state index in [-0.39, 0.29) is 24.0 Å². The highest BCUT2D eigenvalue weighted by Gasteiger charge is 2.36. The Balaban J connectivity index is 1.87. The van der Waals surface area contributed by atoms with Gasteiger partial charge in [-0.05, 0) is 45.0 Å². The first-order valence-electron chi connectivity index (χ1n) is 8.19. The van der Waals surface area contributed by atoms with Gasteiger partial charge >= 0.3 is 0 Å². The molecule has 0 saturated carbocycles. The first-order chi connectivity index (χ1) is 11.8. The lowest BCUT2D eigenvalue weighted by Crippen LogP contribution is -2.55. The Hall–Kier alpha value is -2.25. The minimum Gasteiger partial charge on any atom is -0.394 e. The number of hydrogen-bond donors (Lipinski definition) is 1. The molecule has 2 heterocycles. The molecule has 0 spiro atoms. The lowest BCUT2D eigenvalue weighted by Gasteiger charge is -2.42. The van der Waals surface area contributed by atoms with E-state index in [2.05, 4.69) is 5.10 Å². The number of halogens is 1. The molecular formula is C18H22FN3O3. The number of morpholine rings is 1. The summed E-state index contributed by atoms with van der Waals surface area (Å²) in [6.45, 7) is 6.15. The number of rotatable bonds is 3. The van der Waals surface area contributed by atoms with E-state index in [1.54, 1.807) is 27.8 Å². The van der Waals surface area contributed by atoms with Crippen molar-refractivity contribution >= 4 is 5.91 Å². The largest absolute Gasteiger partial charge is 0.394 e. The zero-order valence-corrected chi connectivity index (χ0v) is 14.6. The number of carbonyl (C=O) groups excluding carboxylic acids is 1. The normalized spacial score (nSPS) is 19.9. The van der Waals surface area contributed by atoms with Crippen molar-refractivity contribution in [3.63, 3.8) is 0 Å². The highest BCUT2D eigenvalue weighted by Crippen LogP contribution is 2.23. The summed E-state index contributed by atoms with van der Waals surface area (Å²) < 4.78 is 20.7. The van der Waals surface area contributed by atoms with Crippen LogP contribution < -0.4 is 0 Å². The zero-order valence-electron chi connectivity index (χ0n) is 14.6. The van der Waals surface area contributed by atoms with E-state index >= 15 is 0 Å². The van der Waals surface area contributed by atoms with Gasteiger partial charge in [0.25, 0.3) is 5.91 Å². The number of amides is 1. The van der Waals surface area contributed by atoms with Crippen LogP contribution in [0.25, 0.3) is 5.69 Å². The van der Waals surface area contributed by atoms with Crippen LogP contribution in [0.4, 0.5) is 4.39 Å². The van der Waals surface area contributed by atoms with Gasteiger partial charge in [-0.1, -0.05) is 6.07 Å². The van der Waals surface area contributed by atoms with Crippen molar-refractivity contribution in [2.24, 2.45) is 0 Å². The van der Waals surface area contributed by atoms with Crippen LogP contribution in [-0.4, -0.2) is 57.1 Å². The molecule has 1 N–H and O–H groups in total. The summed E-state index contributed by atoms with van der Waals surface area (Å²) in [6.07, 6.45) is -0.417. The summed E-state index contributed by atoms with van der Waals surface area (Å²) >= 11 is 0. The van der Waals surface area contributed by atoms with Crippen molar-refractivity contribution < 1.29 is 19.0 Å². The Labute approximate surface area is 145 Å². The van der Waals surface area contributed by atoms with Gasteiger partial charge in [0.1, 0.15) is 5.82 Å². The Kier molecular flexibility index (Phi) is 4.62. The topological polar surface area (TPSA) is 67.6 Å². The lowest BCUT2D eigenvalue weighted by molar-refractivity contribution is -0.139. The van der Waals surface area contributed by atoms with Gasteiger partial charge in [0, 0.05) is 18.8 Å². The summed E-state index contributed by atoms with van der Waals surface area (Å²) in [5.74, 6) is -0.589. The van der Waals surface area contributed by atoms with Crippen molar-refractivity contribution in [3.8, 4) is 5.69 Å². The number of carbonyl (C=O) groups is 1. The predicted molar refractivity (Wildman–Crippen MR) is 90.2 cm³/mol. The highest BCUT2D eigenvalue weighted by atomic mass is 19.1. The van der Waals surface area contributed by atoms with E-state index in [0.717, 1.165) is 5.69 Å². The summed E-state index contributed by atoms with van der Waals surface area (Å²) in [5, 5.41) is 13.7. The van der Waals surface area contributed by atoms with Gasteiger partial charge in [-0.15, -0.1) is 0 Å². The maximum atomic E-state index is 13.5. The number of hydrogen-bond acceptors (Lipinski definition) is 4. The lowest BCUT2D eigenvalue weighted by atomic mass is 10.0. The number of ether oxygens (including phenoxy) is 1. The number of aryl methyl sites for hydroxylation is 1. The standard InChI is InChI=1S/C18H22FN3O3/c1-12-7-16(20-22(12)14-6-4-5-13(19)8-14)17(24)21-9-15(10-23)25-18(2,3)11-21/h4-8,15,23H,9-11H2,1-3H3. The molecule has 3 rings (SSSR count). The average Bonchev–Trinajstić information content (AvgIpc) is 2.94. The van der Waals surface area contributed by atoms with Crippen molar-refractivity contribution in [1.29, 1.82) is 0 Å². The van der Waals surface area contributed by atoms with E-state index in [4.69, 9.17) is 4.74 Å². The molecule has 1 atom stereocenters. The van der Waals surface area contributed by atoms with Crippen molar-refractivity contribution in [2.75, 3.05) is 19.7 Å². The smallest absolute Gasteiger partial charge is 0.274 e. The van der Waals surface area contributed by atoms with Crippen LogP contribution in [0, 0.1) is 12.7 Å². The van der Waals surface area contributed by atoms with Gasteiger partial charge in [0.2, 0.25) is 0 Å². The maximum absolute atomic E-state index is 13.5. The minimum atomic E-state index is -0.540. The zero-order chi connectivity index (χ0) is 18.2. The molecule has 1 aliphatic heterocycles. The fraction of sp³-hybridized carbons (Fsp3) is 0.444. The fourth-order valence-corrected chi connectivity index (χ4v) is 3.16. The molecule has 7 heteroatoms. The molecule has 134 valence electrons. The van der Waals surface area contributed by atoms with Gasteiger partial charge < -0.3 is 14.7 Å². The van der Waals surface area contributed by atoms with E-state index < -0.39 is 11.7 Å². The van der Waals surface area contributed by atoms with E-state index in [0.29, 0.717) is 18.8 Å². The highest BCUT2D eigenvalue weighted by molar-refractivity contribution is 5.92. The summed E-state index contributed by atoms with van der Waals surface area (Å²) in [4.78, 5) is 14.5. The fourth-order valence-electron chi connectivity index (χ4n) is 3.16. The minimum absolute atomic E-state index is 0.149. The number of nitrogens with zero attached hydrogens (tertiary/aromatic N) is 3. The van der Waals surface area contributed by atoms with Crippen LogP contribution in [0.2, 0.25) is 0 Å². The third kappa shape index (κ3) is 3.72. The van der Waals surface area contributed by atoms with Gasteiger partial charge in [0.05, 0.1) is 24.0 Å².